The lowest BCUT2D eigenvalue weighted by Crippen LogP contribution is -2.33. The van der Waals surface area contributed by atoms with E-state index in [0.717, 1.165) is 0 Å². The molecule has 0 spiro atoms. The molecule has 108 valence electrons. The number of aryl methyl sites for hydroxylation is 1. The quantitative estimate of drug-likeness (QED) is 0.820. The maximum absolute atomic E-state index is 12.0. The molecule has 20 heavy (non-hydrogen) atoms. The number of hydrogen-bond donors (Lipinski definition) is 2. The van der Waals surface area contributed by atoms with E-state index in [-0.39, 0.29) is 23.7 Å². The van der Waals surface area contributed by atoms with Gasteiger partial charge >= 0.3 is 5.97 Å². The van der Waals surface area contributed by atoms with E-state index in [2.05, 4.69) is 10.3 Å². The van der Waals surface area contributed by atoms with Gasteiger partial charge in [-0.05, 0) is 31.9 Å². The Kier molecular flexibility index (Phi) is 4.57. The van der Waals surface area contributed by atoms with Crippen LogP contribution in [0.25, 0.3) is 0 Å². The lowest BCUT2D eigenvalue weighted by atomic mass is 10.2. The van der Waals surface area contributed by atoms with Crippen molar-refractivity contribution in [3.8, 4) is 0 Å². The van der Waals surface area contributed by atoms with Gasteiger partial charge in [-0.2, -0.15) is 0 Å². The Bertz CT molecular complexity index is 515. The second kappa shape index (κ2) is 6.19. The van der Waals surface area contributed by atoms with Crippen LogP contribution in [0.1, 0.15) is 28.9 Å². The molecule has 2 N–H and O–H groups in total. The molecule has 1 aliphatic heterocycles. The molecule has 0 aromatic carbocycles. The van der Waals surface area contributed by atoms with Crippen molar-refractivity contribution < 1.29 is 19.4 Å². The second-order valence-corrected chi connectivity index (χ2v) is 5.08. The Morgan fingerprint density at radius 1 is 1.50 bits per heavy atom. The van der Waals surface area contributed by atoms with Gasteiger partial charge in [0.05, 0.1) is 6.10 Å². The molecule has 1 saturated heterocycles. The summed E-state index contributed by atoms with van der Waals surface area (Å²) >= 11 is 5.79. The van der Waals surface area contributed by atoms with Crippen molar-refractivity contribution in [2.45, 2.75) is 32.0 Å². The summed E-state index contributed by atoms with van der Waals surface area (Å²) in [4.78, 5) is 26.7. The molecule has 1 aromatic heterocycles. The summed E-state index contributed by atoms with van der Waals surface area (Å²) in [6, 6.07) is 3.12. The molecule has 2 heterocycles. The zero-order valence-corrected chi connectivity index (χ0v) is 11.7. The Balaban J connectivity index is 1.88. The average molecular weight is 299 g/mol. The molecule has 0 saturated carbocycles. The highest BCUT2D eigenvalue weighted by Crippen LogP contribution is 2.19. The molecule has 6 nitrogen and oxygen atoms in total. The van der Waals surface area contributed by atoms with E-state index in [9.17, 15) is 9.59 Å². The Labute approximate surface area is 121 Å². The van der Waals surface area contributed by atoms with Crippen LogP contribution in [0, 0.1) is 6.92 Å². The summed E-state index contributed by atoms with van der Waals surface area (Å²) in [6.45, 7) is 2.03. The van der Waals surface area contributed by atoms with Crippen LogP contribution in [-0.4, -0.2) is 40.7 Å². The molecule has 7 heteroatoms. The molecule has 2 atom stereocenters. The molecule has 0 bridgehead atoms. The second-order valence-electron chi connectivity index (χ2n) is 4.69. The number of rotatable bonds is 4. The summed E-state index contributed by atoms with van der Waals surface area (Å²) in [5, 5.41) is 11.8. The van der Waals surface area contributed by atoms with Crippen molar-refractivity contribution in [3.63, 3.8) is 0 Å². The predicted octanol–water partition coefficient (Wildman–Crippen LogP) is 1.41. The van der Waals surface area contributed by atoms with Crippen LogP contribution >= 0.6 is 11.6 Å². The van der Waals surface area contributed by atoms with Crippen molar-refractivity contribution in [2.75, 3.05) is 6.54 Å². The molecule has 0 aliphatic carbocycles. The van der Waals surface area contributed by atoms with Gasteiger partial charge in [0, 0.05) is 17.8 Å². The molecule has 2 unspecified atom stereocenters. The zero-order valence-electron chi connectivity index (χ0n) is 10.9. The summed E-state index contributed by atoms with van der Waals surface area (Å²) in [5.41, 5.74) is 1.08. The van der Waals surface area contributed by atoms with E-state index in [1.165, 1.54) is 6.07 Å². The standard InChI is InChI=1S/C13H15ClN2O4/c1-7-4-8(5-11(14)16-7)12(17)15-6-9-2-3-10(20-9)13(18)19/h4-5,9-10H,2-3,6H2,1H3,(H,15,17)(H,18,19). The van der Waals surface area contributed by atoms with Crippen LogP contribution in [0.5, 0.6) is 0 Å². The number of ether oxygens (including phenoxy) is 1. The van der Waals surface area contributed by atoms with Crippen LogP contribution in [0.3, 0.4) is 0 Å². The highest BCUT2D eigenvalue weighted by molar-refractivity contribution is 6.29. The van der Waals surface area contributed by atoms with E-state index in [1.807, 2.05) is 0 Å². The maximum Gasteiger partial charge on any atom is 0.332 e. The lowest BCUT2D eigenvalue weighted by molar-refractivity contribution is -0.149. The minimum absolute atomic E-state index is 0.262. The minimum Gasteiger partial charge on any atom is -0.479 e. The topological polar surface area (TPSA) is 88.5 Å². The first kappa shape index (κ1) is 14.7. The third kappa shape index (κ3) is 3.68. The lowest BCUT2D eigenvalue weighted by Gasteiger charge is -2.12. The monoisotopic (exact) mass is 298 g/mol. The number of nitrogens with zero attached hydrogens (tertiary/aromatic N) is 1. The molecule has 2 rings (SSSR count). The maximum atomic E-state index is 12.0. The van der Waals surface area contributed by atoms with Crippen LogP contribution in [0.15, 0.2) is 12.1 Å². The molecule has 1 fully saturated rings. The van der Waals surface area contributed by atoms with Gasteiger partial charge in [-0.1, -0.05) is 11.6 Å². The van der Waals surface area contributed by atoms with Crippen LogP contribution in [-0.2, 0) is 9.53 Å². The molecule has 1 amide bonds. The summed E-state index contributed by atoms with van der Waals surface area (Å²) in [7, 11) is 0. The van der Waals surface area contributed by atoms with Gasteiger partial charge < -0.3 is 15.2 Å². The Morgan fingerprint density at radius 2 is 2.25 bits per heavy atom. The third-order valence-electron chi connectivity index (χ3n) is 3.06. The first-order chi connectivity index (χ1) is 9.45. The van der Waals surface area contributed by atoms with Crippen LogP contribution < -0.4 is 5.32 Å². The minimum atomic E-state index is -0.963. The fraction of sp³-hybridized carbons (Fsp3) is 0.462. The van der Waals surface area contributed by atoms with Gasteiger partial charge in [-0.25, -0.2) is 9.78 Å². The van der Waals surface area contributed by atoms with Crippen LogP contribution in [0.2, 0.25) is 5.15 Å². The van der Waals surface area contributed by atoms with E-state index < -0.39 is 12.1 Å². The number of amides is 1. The fourth-order valence-corrected chi connectivity index (χ4v) is 2.36. The zero-order chi connectivity index (χ0) is 14.7. The van der Waals surface area contributed by atoms with Gasteiger partial charge in [0.1, 0.15) is 5.15 Å². The number of aromatic nitrogens is 1. The number of carboxylic acids is 1. The van der Waals surface area contributed by atoms with Crippen molar-refractivity contribution in [2.24, 2.45) is 0 Å². The fourth-order valence-electron chi connectivity index (χ4n) is 2.11. The Hall–Kier alpha value is -1.66. The molecular weight excluding hydrogens is 284 g/mol. The van der Waals surface area contributed by atoms with Gasteiger partial charge in [-0.3, -0.25) is 4.79 Å². The van der Waals surface area contributed by atoms with Crippen molar-refractivity contribution in [1.82, 2.24) is 10.3 Å². The molecular formula is C13H15ClN2O4. The van der Waals surface area contributed by atoms with Crippen molar-refractivity contribution in [3.05, 3.63) is 28.5 Å². The molecule has 0 radical (unpaired) electrons. The van der Waals surface area contributed by atoms with E-state index in [4.69, 9.17) is 21.4 Å². The van der Waals surface area contributed by atoms with Gasteiger partial charge in [0.2, 0.25) is 0 Å². The summed E-state index contributed by atoms with van der Waals surface area (Å²) < 4.78 is 5.30. The largest absolute Gasteiger partial charge is 0.479 e. The number of aliphatic carboxylic acids is 1. The highest BCUT2D eigenvalue weighted by atomic mass is 35.5. The highest BCUT2D eigenvalue weighted by Gasteiger charge is 2.30. The van der Waals surface area contributed by atoms with Crippen molar-refractivity contribution >= 4 is 23.5 Å². The van der Waals surface area contributed by atoms with Gasteiger partial charge in [0.15, 0.2) is 6.10 Å². The summed E-state index contributed by atoms with van der Waals surface area (Å²) in [5.74, 6) is -1.24. The number of carboxylic acid groups (broad SMARTS) is 1. The summed E-state index contributed by atoms with van der Waals surface area (Å²) in [6.07, 6.45) is 0.0525. The first-order valence-electron chi connectivity index (χ1n) is 6.26. The normalized spacial score (nSPS) is 21.7. The smallest absolute Gasteiger partial charge is 0.332 e. The third-order valence-corrected chi connectivity index (χ3v) is 3.25. The first-order valence-corrected chi connectivity index (χ1v) is 6.64. The number of halogens is 1. The SMILES string of the molecule is Cc1cc(C(=O)NCC2CCC(C(=O)O)O2)cc(Cl)n1. The predicted molar refractivity (Wildman–Crippen MR) is 71.8 cm³/mol. The van der Waals surface area contributed by atoms with Crippen LogP contribution in [0.4, 0.5) is 0 Å². The number of carbonyl (C=O) groups is 2. The Morgan fingerprint density at radius 3 is 2.85 bits per heavy atom. The van der Waals surface area contributed by atoms with E-state index in [1.54, 1.807) is 13.0 Å². The van der Waals surface area contributed by atoms with E-state index in [0.29, 0.717) is 24.1 Å². The molecule has 1 aromatic rings. The van der Waals surface area contributed by atoms with E-state index >= 15 is 0 Å². The molecule has 1 aliphatic rings. The number of pyridine rings is 1. The number of hydrogen-bond acceptors (Lipinski definition) is 4. The number of nitrogens with one attached hydrogen (secondary N) is 1. The average Bonchev–Trinajstić information content (AvgIpc) is 2.83. The van der Waals surface area contributed by atoms with Gasteiger partial charge in [-0.15, -0.1) is 0 Å². The van der Waals surface area contributed by atoms with Gasteiger partial charge in [0.25, 0.3) is 5.91 Å². The van der Waals surface area contributed by atoms with Crippen molar-refractivity contribution in [1.29, 1.82) is 0 Å². The number of carbonyl (C=O) groups excluding carboxylic acids is 1.